The van der Waals surface area contributed by atoms with E-state index in [9.17, 15) is 14.4 Å². The molecule has 0 saturated carbocycles. The summed E-state index contributed by atoms with van der Waals surface area (Å²) in [5.74, 6) is -1.42. The molecule has 0 spiro atoms. The number of urea groups is 1. The molecular weight excluding hydrogens is 482 g/mol. The van der Waals surface area contributed by atoms with E-state index in [-0.39, 0.29) is 5.57 Å². The average molecular weight is 499 g/mol. The molecule has 2 heterocycles. The summed E-state index contributed by atoms with van der Waals surface area (Å²) in [4.78, 5) is 38.8. The summed E-state index contributed by atoms with van der Waals surface area (Å²) < 4.78 is 2.97. The van der Waals surface area contributed by atoms with Crippen molar-refractivity contribution in [1.29, 1.82) is 0 Å². The molecule has 0 atom stereocenters. The van der Waals surface area contributed by atoms with Gasteiger partial charge in [0.15, 0.2) is 0 Å². The summed E-state index contributed by atoms with van der Waals surface area (Å²) in [6, 6.07) is 15.2. The molecule has 0 unspecified atom stereocenters. The number of hydrogen-bond donors (Lipinski definition) is 1. The highest BCUT2D eigenvalue weighted by Crippen LogP contribution is 2.27. The zero-order valence-electron chi connectivity index (χ0n) is 16.6. The summed E-state index contributed by atoms with van der Waals surface area (Å²) in [5, 5.41) is 2.71. The van der Waals surface area contributed by atoms with E-state index in [1.54, 1.807) is 24.3 Å². The van der Waals surface area contributed by atoms with Crippen LogP contribution in [0.5, 0.6) is 0 Å². The Kier molecular flexibility index (Phi) is 5.56. The Bertz CT molecular complexity index is 1260. The number of carbonyl (C=O) groups excluding carboxylic acids is 3. The lowest BCUT2D eigenvalue weighted by molar-refractivity contribution is -0.122. The SMILES string of the molecule is Cc1cc(/C=C2\C(=O)NC(=O)N(c3ccc(Cl)cc3)C2=O)c(C)n1-c1cccc(Br)c1. The summed E-state index contributed by atoms with van der Waals surface area (Å²) in [7, 11) is 0. The van der Waals surface area contributed by atoms with Crippen LogP contribution in [0.3, 0.4) is 0 Å². The molecule has 4 rings (SSSR count). The van der Waals surface area contributed by atoms with Crippen LogP contribution in [-0.4, -0.2) is 22.4 Å². The van der Waals surface area contributed by atoms with Gasteiger partial charge >= 0.3 is 6.03 Å². The largest absolute Gasteiger partial charge is 0.335 e. The van der Waals surface area contributed by atoms with Crippen LogP contribution in [0.4, 0.5) is 10.5 Å². The van der Waals surface area contributed by atoms with Crippen molar-refractivity contribution in [2.75, 3.05) is 4.90 Å². The van der Waals surface area contributed by atoms with Crippen molar-refractivity contribution in [2.24, 2.45) is 0 Å². The first-order chi connectivity index (χ1) is 14.8. The fraction of sp³-hybridized carbons (Fsp3) is 0.0870. The van der Waals surface area contributed by atoms with Crippen LogP contribution in [0.25, 0.3) is 11.8 Å². The van der Waals surface area contributed by atoms with Gasteiger partial charge in [-0.3, -0.25) is 14.9 Å². The minimum Gasteiger partial charge on any atom is -0.318 e. The van der Waals surface area contributed by atoms with Crippen LogP contribution in [0.2, 0.25) is 5.02 Å². The topological polar surface area (TPSA) is 71.4 Å². The fourth-order valence-corrected chi connectivity index (χ4v) is 4.10. The number of aromatic nitrogens is 1. The van der Waals surface area contributed by atoms with Gasteiger partial charge in [0.25, 0.3) is 11.8 Å². The normalized spacial score (nSPS) is 15.5. The number of rotatable bonds is 3. The van der Waals surface area contributed by atoms with Crippen LogP contribution in [0.15, 0.2) is 64.6 Å². The third-order valence-electron chi connectivity index (χ3n) is 5.02. The lowest BCUT2D eigenvalue weighted by Gasteiger charge is -2.26. The number of anilines is 1. The highest BCUT2D eigenvalue weighted by atomic mass is 79.9. The number of nitrogens with one attached hydrogen (secondary N) is 1. The highest BCUT2D eigenvalue weighted by Gasteiger charge is 2.37. The van der Waals surface area contributed by atoms with Crippen molar-refractivity contribution in [3.05, 3.63) is 86.6 Å². The molecule has 1 fully saturated rings. The number of aryl methyl sites for hydroxylation is 1. The summed E-state index contributed by atoms with van der Waals surface area (Å²) in [6.07, 6.45) is 1.52. The molecule has 1 saturated heterocycles. The molecule has 156 valence electrons. The number of barbiturate groups is 1. The molecule has 0 radical (unpaired) electrons. The minimum absolute atomic E-state index is 0.121. The lowest BCUT2D eigenvalue weighted by atomic mass is 10.1. The van der Waals surface area contributed by atoms with Gasteiger partial charge in [-0.15, -0.1) is 0 Å². The van der Waals surface area contributed by atoms with Gasteiger partial charge in [-0.05, 0) is 74.0 Å². The second-order valence-corrected chi connectivity index (χ2v) is 8.43. The van der Waals surface area contributed by atoms with E-state index in [1.807, 2.05) is 48.7 Å². The van der Waals surface area contributed by atoms with Gasteiger partial charge < -0.3 is 4.57 Å². The van der Waals surface area contributed by atoms with Gasteiger partial charge in [-0.1, -0.05) is 33.6 Å². The van der Waals surface area contributed by atoms with E-state index < -0.39 is 17.8 Å². The molecule has 1 aliphatic rings. The van der Waals surface area contributed by atoms with Crippen LogP contribution >= 0.6 is 27.5 Å². The van der Waals surface area contributed by atoms with Crippen molar-refractivity contribution in [1.82, 2.24) is 9.88 Å². The Balaban J connectivity index is 1.76. The van der Waals surface area contributed by atoms with Crippen LogP contribution in [0, 0.1) is 13.8 Å². The molecule has 31 heavy (non-hydrogen) atoms. The van der Waals surface area contributed by atoms with E-state index in [1.165, 1.54) is 6.08 Å². The molecule has 1 N–H and O–H groups in total. The summed E-state index contributed by atoms with van der Waals surface area (Å²) in [6.45, 7) is 3.86. The maximum absolute atomic E-state index is 13.1. The number of amides is 4. The molecule has 1 aliphatic heterocycles. The number of benzene rings is 2. The second kappa shape index (κ2) is 8.17. The van der Waals surface area contributed by atoms with Gasteiger partial charge in [0.05, 0.1) is 5.69 Å². The van der Waals surface area contributed by atoms with Gasteiger partial charge in [-0.2, -0.15) is 0 Å². The Morgan fingerprint density at radius 1 is 0.968 bits per heavy atom. The monoisotopic (exact) mass is 497 g/mol. The number of carbonyl (C=O) groups is 3. The fourth-order valence-electron chi connectivity index (χ4n) is 3.58. The first kappa shape index (κ1) is 21.1. The zero-order chi connectivity index (χ0) is 22.3. The molecular formula is C23H17BrClN3O3. The number of halogens is 2. The molecule has 6 nitrogen and oxygen atoms in total. The van der Waals surface area contributed by atoms with E-state index in [2.05, 4.69) is 21.2 Å². The molecule has 0 bridgehead atoms. The predicted octanol–water partition coefficient (Wildman–Crippen LogP) is 5.18. The molecule has 8 heteroatoms. The summed E-state index contributed by atoms with van der Waals surface area (Å²) in [5.41, 5.74) is 3.66. The first-order valence-electron chi connectivity index (χ1n) is 9.38. The molecule has 4 amide bonds. The number of nitrogens with zero attached hydrogens (tertiary/aromatic N) is 2. The van der Waals surface area contributed by atoms with Gasteiger partial charge in [0.1, 0.15) is 5.57 Å². The minimum atomic E-state index is -0.797. The van der Waals surface area contributed by atoms with Crippen molar-refractivity contribution in [2.45, 2.75) is 13.8 Å². The smallest absolute Gasteiger partial charge is 0.318 e. The molecule has 0 aliphatic carbocycles. The Hall–Kier alpha value is -3.16. The maximum Gasteiger partial charge on any atom is 0.335 e. The van der Waals surface area contributed by atoms with Gasteiger partial charge in [-0.25, -0.2) is 9.69 Å². The van der Waals surface area contributed by atoms with Crippen LogP contribution < -0.4 is 10.2 Å². The zero-order valence-corrected chi connectivity index (χ0v) is 19.0. The van der Waals surface area contributed by atoms with E-state index in [4.69, 9.17) is 11.6 Å². The van der Waals surface area contributed by atoms with E-state index in [0.29, 0.717) is 16.3 Å². The Labute approximate surface area is 192 Å². The van der Waals surface area contributed by atoms with Crippen LogP contribution in [0.1, 0.15) is 17.0 Å². The molecule has 2 aromatic carbocycles. The average Bonchev–Trinajstić information content (AvgIpc) is 2.99. The van der Waals surface area contributed by atoms with Crippen molar-refractivity contribution >= 4 is 57.1 Å². The van der Waals surface area contributed by atoms with Crippen molar-refractivity contribution < 1.29 is 14.4 Å². The van der Waals surface area contributed by atoms with Crippen molar-refractivity contribution in [3.63, 3.8) is 0 Å². The lowest BCUT2D eigenvalue weighted by Crippen LogP contribution is -2.54. The van der Waals surface area contributed by atoms with E-state index in [0.717, 1.165) is 26.4 Å². The summed E-state index contributed by atoms with van der Waals surface area (Å²) >= 11 is 9.38. The number of hydrogen-bond acceptors (Lipinski definition) is 3. The second-order valence-electron chi connectivity index (χ2n) is 7.08. The third-order valence-corrected chi connectivity index (χ3v) is 5.77. The van der Waals surface area contributed by atoms with Gasteiger partial charge in [0, 0.05) is 26.6 Å². The van der Waals surface area contributed by atoms with Gasteiger partial charge in [0.2, 0.25) is 0 Å². The third kappa shape index (κ3) is 3.94. The quantitative estimate of drug-likeness (QED) is 0.400. The Morgan fingerprint density at radius 2 is 1.68 bits per heavy atom. The van der Waals surface area contributed by atoms with Crippen LogP contribution in [-0.2, 0) is 9.59 Å². The van der Waals surface area contributed by atoms with Crippen molar-refractivity contribution in [3.8, 4) is 5.69 Å². The molecule has 3 aromatic rings. The van der Waals surface area contributed by atoms with E-state index >= 15 is 0 Å². The molecule has 1 aromatic heterocycles. The first-order valence-corrected chi connectivity index (χ1v) is 10.6. The number of imide groups is 2. The standard InChI is InChI=1S/C23H17BrClN3O3/c1-13-10-15(14(2)27(13)19-5-3-4-16(24)12-19)11-20-21(29)26-23(31)28(22(20)30)18-8-6-17(25)7-9-18/h3-12H,1-2H3,(H,26,29,31)/b20-11+. The predicted molar refractivity (Wildman–Crippen MR) is 123 cm³/mol. The highest BCUT2D eigenvalue weighted by molar-refractivity contribution is 9.10. The Morgan fingerprint density at radius 3 is 2.35 bits per heavy atom. The maximum atomic E-state index is 13.1.